The molecule has 28 heavy (non-hydrogen) atoms. The second-order valence-corrected chi connectivity index (χ2v) is 6.99. The molecule has 1 aromatic heterocycles. The molecule has 1 amide bonds. The Labute approximate surface area is 168 Å². The van der Waals surface area contributed by atoms with Gasteiger partial charge in [-0.3, -0.25) is 9.78 Å². The first kappa shape index (κ1) is 20.2. The summed E-state index contributed by atoms with van der Waals surface area (Å²) >= 11 is 0. The van der Waals surface area contributed by atoms with Crippen molar-refractivity contribution >= 4 is 24.3 Å². The van der Waals surface area contributed by atoms with E-state index < -0.39 is 5.97 Å². The first-order valence-corrected chi connectivity index (χ1v) is 8.89. The number of methoxy groups -OCH3 is 1. The summed E-state index contributed by atoms with van der Waals surface area (Å²) in [5.41, 5.74) is 1.34. The number of aromatic nitrogens is 1. The summed E-state index contributed by atoms with van der Waals surface area (Å²) in [4.78, 5) is 30.8. The van der Waals surface area contributed by atoms with Gasteiger partial charge in [0.25, 0.3) is 5.91 Å². The number of carbonyl (C=O) groups excluding carboxylic acids is 2. The van der Waals surface area contributed by atoms with Crippen molar-refractivity contribution in [3.8, 4) is 0 Å². The Morgan fingerprint density at radius 2 is 2.00 bits per heavy atom. The van der Waals surface area contributed by atoms with Crippen LogP contribution in [0.5, 0.6) is 0 Å². The van der Waals surface area contributed by atoms with Crippen LogP contribution in [0.4, 0.5) is 4.39 Å². The van der Waals surface area contributed by atoms with E-state index in [2.05, 4.69) is 10.3 Å². The van der Waals surface area contributed by atoms with E-state index in [1.165, 1.54) is 37.7 Å². The van der Waals surface area contributed by atoms with Gasteiger partial charge in [-0.25, -0.2) is 9.18 Å². The summed E-state index contributed by atoms with van der Waals surface area (Å²) < 4.78 is 18.5. The lowest BCUT2D eigenvalue weighted by Gasteiger charge is -2.28. The number of carbonyl (C=O) groups is 2. The third-order valence-electron chi connectivity index (χ3n) is 5.42. The van der Waals surface area contributed by atoms with Crippen molar-refractivity contribution in [2.24, 2.45) is 11.8 Å². The van der Waals surface area contributed by atoms with Crippen molar-refractivity contribution in [1.29, 1.82) is 0 Å². The van der Waals surface area contributed by atoms with Crippen molar-refractivity contribution in [3.63, 3.8) is 0 Å². The van der Waals surface area contributed by atoms with Gasteiger partial charge in [-0.2, -0.15) is 0 Å². The van der Waals surface area contributed by atoms with Crippen LogP contribution in [0.2, 0.25) is 0 Å². The van der Waals surface area contributed by atoms with E-state index in [-0.39, 0.29) is 41.7 Å². The summed E-state index contributed by atoms with van der Waals surface area (Å²) in [6, 6.07) is 7.71. The Balaban J connectivity index is 0.00000225. The maximum Gasteiger partial charge on any atom is 0.339 e. The normalized spacial score (nSPS) is 23.1. The Hall–Kier alpha value is -2.51. The highest BCUT2D eigenvalue weighted by Gasteiger charge is 2.47. The molecule has 3 atom stereocenters. The van der Waals surface area contributed by atoms with Crippen molar-refractivity contribution in [2.45, 2.75) is 6.04 Å². The molecule has 148 valence electrons. The highest BCUT2D eigenvalue weighted by atomic mass is 35.5. The van der Waals surface area contributed by atoms with Crippen molar-refractivity contribution in [2.75, 3.05) is 26.7 Å². The van der Waals surface area contributed by atoms with E-state index in [0.717, 1.165) is 18.7 Å². The fraction of sp³-hybridized carbons (Fsp3) is 0.350. The van der Waals surface area contributed by atoms with E-state index in [1.54, 1.807) is 11.0 Å². The molecule has 2 saturated heterocycles. The van der Waals surface area contributed by atoms with Crippen LogP contribution >= 0.6 is 12.4 Å². The molecule has 0 aliphatic carbocycles. The van der Waals surface area contributed by atoms with Gasteiger partial charge in [-0.1, -0.05) is 12.1 Å². The van der Waals surface area contributed by atoms with Crippen molar-refractivity contribution < 1.29 is 18.7 Å². The number of pyridine rings is 1. The fourth-order valence-electron chi connectivity index (χ4n) is 4.20. The molecular formula is C20H21ClFN3O3. The van der Waals surface area contributed by atoms with E-state index in [1.807, 2.05) is 6.07 Å². The number of benzene rings is 1. The topological polar surface area (TPSA) is 71.5 Å². The summed E-state index contributed by atoms with van der Waals surface area (Å²) in [6.07, 6.45) is 2.82. The molecule has 1 N–H and O–H groups in total. The molecule has 2 fully saturated rings. The molecule has 6 nitrogen and oxygen atoms in total. The third-order valence-corrected chi connectivity index (χ3v) is 5.42. The van der Waals surface area contributed by atoms with Crippen LogP contribution in [-0.2, 0) is 4.74 Å². The number of hydrogen-bond donors (Lipinski definition) is 1. The fourth-order valence-corrected chi connectivity index (χ4v) is 4.20. The molecule has 4 rings (SSSR count). The minimum Gasteiger partial charge on any atom is -0.465 e. The average molecular weight is 406 g/mol. The van der Waals surface area contributed by atoms with Crippen LogP contribution in [0.15, 0.2) is 42.7 Å². The number of nitrogens with zero attached hydrogens (tertiary/aromatic N) is 2. The number of nitrogens with one attached hydrogen (secondary N) is 1. The zero-order valence-corrected chi connectivity index (χ0v) is 16.1. The Bertz CT molecular complexity index is 895. The number of rotatable bonds is 3. The van der Waals surface area contributed by atoms with Crippen LogP contribution in [-0.4, -0.2) is 48.5 Å². The van der Waals surface area contributed by atoms with Crippen molar-refractivity contribution in [1.82, 2.24) is 15.2 Å². The van der Waals surface area contributed by atoms with Gasteiger partial charge in [0.15, 0.2) is 0 Å². The highest BCUT2D eigenvalue weighted by molar-refractivity contribution is 5.97. The maximum atomic E-state index is 13.8. The SMILES string of the molecule is COC(=O)c1cncc(C(=O)N2C[C@@H]3CNC[C@@H]3[C@H]2c2cccc(F)c2)c1.Cl. The number of amides is 1. The van der Waals surface area contributed by atoms with E-state index >= 15 is 0 Å². The molecule has 1 aromatic carbocycles. The van der Waals surface area contributed by atoms with E-state index in [4.69, 9.17) is 4.74 Å². The van der Waals surface area contributed by atoms with Crippen LogP contribution in [0.3, 0.4) is 0 Å². The van der Waals surface area contributed by atoms with Gasteiger partial charge >= 0.3 is 5.97 Å². The summed E-state index contributed by atoms with van der Waals surface area (Å²) in [7, 11) is 1.28. The van der Waals surface area contributed by atoms with Crippen LogP contribution in [0.25, 0.3) is 0 Å². The monoisotopic (exact) mass is 405 g/mol. The van der Waals surface area contributed by atoms with Gasteiger partial charge < -0.3 is 15.0 Å². The molecule has 0 saturated carbocycles. The highest BCUT2D eigenvalue weighted by Crippen LogP contribution is 2.43. The quantitative estimate of drug-likeness (QED) is 0.794. The number of hydrogen-bond acceptors (Lipinski definition) is 5. The minimum absolute atomic E-state index is 0. The molecule has 2 aromatic rings. The van der Waals surface area contributed by atoms with Crippen LogP contribution in [0, 0.1) is 17.7 Å². The predicted molar refractivity (Wildman–Crippen MR) is 103 cm³/mol. The minimum atomic E-state index is -0.540. The molecule has 0 radical (unpaired) electrons. The van der Waals surface area contributed by atoms with Crippen molar-refractivity contribution in [3.05, 3.63) is 65.2 Å². The maximum absolute atomic E-state index is 13.8. The number of likely N-dealkylation sites (tertiary alicyclic amines) is 1. The second-order valence-electron chi connectivity index (χ2n) is 6.99. The molecule has 3 heterocycles. The Morgan fingerprint density at radius 1 is 1.21 bits per heavy atom. The predicted octanol–water partition coefficient (Wildman–Crippen LogP) is 2.46. The Kier molecular flexibility index (Phi) is 5.96. The lowest BCUT2D eigenvalue weighted by molar-refractivity contribution is 0.0600. The number of esters is 1. The smallest absolute Gasteiger partial charge is 0.339 e. The average Bonchev–Trinajstić information content (AvgIpc) is 3.28. The van der Waals surface area contributed by atoms with Gasteiger partial charge in [-0.05, 0) is 29.7 Å². The van der Waals surface area contributed by atoms with Crippen LogP contribution < -0.4 is 5.32 Å². The van der Waals surface area contributed by atoms with Crippen LogP contribution in [0.1, 0.15) is 32.3 Å². The lowest BCUT2D eigenvalue weighted by Crippen LogP contribution is -2.35. The summed E-state index contributed by atoms with van der Waals surface area (Å²) in [5.74, 6) is -0.520. The standard InChI is InChI=1S/C20H20FN3O3.ClH/c1-27-20(26)14-5-13(7-22-8-14)19(25)24-11-15-9-23-10-17(15)18(24)12-3-2-4-16(21)6-12;/h2-8,15,17-18,23H,9-11H2,1H3;1H/t15-,17-,18+;/m0./s1. The van der Waals surface area contributed by atoms with Gasteiger partial charge in [0.1, 0.15) is 5.82 Å². The van der Waals surface area contributed by atoms with E-state index in [0.29, 0.717) is 18.0 Å². The zero-order chi connectivity index (χ0) is 19.0. The first-order valence-electron chi connectivity index (χ1n) is 8.89. The number of ether oxygens (including phenoxy) is 1. The molecule has 0 bridgehead atoms. The summed E-state index contributed by atoms with van der Waals surface area (Å²) in [5, 5.41) is 3.36. The van der Waals surface area contributed by atoms with Gasteiger partial charge in [0.05, 0.1) is 24.3 Å². The zero-order valence-electron chi connectivity index (χ0n) is 15.3. The molecule has 0 unspecified atom stereocenters. The molecular weight excluding hydrogens is 385 g/mol. The van der Waals surface area contributed by atoms with Gasteiger partial charge in [-0.15, -0.1) is 12.4 Å². The third kappa shape index (κ3) is 3.59. The molecule has 0 spiro atoms. The van der Waals surface area contributed by atoms with Gasteiger partial charge in [0.2, 0.25) is 0 Å². The second kappa shape index (κ2) is 8.24. The number of fused-ring (bicyclic) bond motifs is 1. The Morgan fingerprint density at radius 3 is 2.75 bits per heavy atom. The first-order chi connectivity index (χ1) is 13.1. The molecule has 2 aliphatic rings. The molecule has 2 aliphatic heterocycles. The summed E-state index contributed by atoms with van der Waals surface area (Å²) in [6.45, 7) is 2.21. The largest absolute Gasteiger partial charge is 0.465 e. The number of halogens is 2. The van der Waals surface area contributed by atoms with E-state index in [9.17, 15) is 14.0 Å². The lowest BCUT2D eigenvalue weighted by atomic mass is 9.89. The van der Waals surface area contributed by atoms with Gasteiger partial charge in [0, 0.05) is 37.9 Å². The molecule has 8 heteroatoms.